The van der Waals surface area contributed by atoms with Crippen LogP contribution in [-0.4, -0.2) is 27.3 Å². The van der Waals surface area contributed by atoms with Gasteiger partial charge in [0.1, 0.15) is 12.1 Å². The summed E-state index contributed by atoms with van der Waals surface area (Å²) < 4.78 is 13.6. The summed E-state index contributed by atoms with van der Waals surface area (Å²) in [4.78, 5) is 30.2. The molecule has 0 unspecified atom stereocenters. The molecule has 0 aliphatic carbocycles. The average molecular weight is 348 g/mol. The first-order valence-electron chi connectivity index (χ1n) is 7.58. The highest BCUT2D eigenvalue weighted by Gasteiger charge is 2.23. The standard InChI is InChI=1S/C15H17FN6O3/c1-2-3-8-17-13-12(22(24)25)14(19-9-18-13)20-21-15(23)10-6-4-5-7-11(10)16/h4-7,9H,2-3,8H2,1H3,(H,21,23)(H2,17,18,19,20). The number of nitrogens with one attached hydrogen (secondary N) is 3. The van der Waals surface area contributed by atoms with Crippen LogP contribution in [0.15, 0.2) is 30.6 Å². The van der Waals surface area contributed by atoms with E-state index in [-0.39, 0.29) is 17.2 Å². The van der Waals surface area contributed by atoms with E-state index in [0.717, 1.165) is 25.2 Å². The quantitative estimate of drug-likeness (QED) is 0.380. The molecule has 132 valence electrons. The second-order valence-corrected chi connectivity index (χ2v) is 5.02. The topological polar surface area (TPSA) is 122 Å². The zero-order valence-electron chi connectivity index (χ0n) is 13.5. The lowest BCUT2D eigenvalue weighted by atomic mass is 10.2. The van der Waals surface area contributed by atoms with E-state index < -0.39 is 22.3 Å². The monoisotopic (exact) mass is 348 g/mol. The van der Waals surface area contributed by atoms with Gasteiger partial charge in [0, 0.05) is 6.54 Å². The summed E-state index contributed by atoms with van der Waals surface area (Å²) in [5, 5.41) is 14.2. The SMILES string of the molecule is CCCCNc1ncnc(NNC(=O)c2ccccc2F)c1[N+](=O)[O-]. The minimum absolute atomic E-state index is 0.0380. The highest BCUT2D eigenvalue weighted by atomic mass is 19.1. The molecule has 10 heteroatoms. The molecule has 0 saturated carbocycles. The summed E-state index contributed by atoms with van der Waals surface area (Å²) in [6, 6.07) is 5.38. The van der Waals surface area contributed by atoms with Gasteiger partial charge in [-0.05, 0) is 18.6 Å². The number of hydrogen-bond acceptors (Lipinski definition) is 7. The minimum Gasteiger partial charge on any atom is -0.364 e. The highest BCUT2D eigenvalue weighted by molar-refractivity contribution is 5.95. The summed E-state index contributed by atoms with van der Waals surface area (Å²) in [6.07, 6.45) is 2.85. The van der Waals surface area contributed by atoms with Gasteiger partial charge in [-0.15, -0.1) is 0 Å². The van der Waals surface area contributed by atoms with Crippen molar-refractivity contribution in [2.75, 3.05) is 17.3 Å². The van der Waals surface area contributed by atoms with Crippen LogP contribution in [0.25, 0.3) is 0 Å². The van der Waals surface area contributed by atoms with E-state index in [4.69, 9.17) is 0 Å². The summed E-state index contributed by atoms with van der Waals surface area (Å²) in [5.41, 5.74) is 3.94. The number of halogens is 1. The molecule has 0 bridgehead atoms. The first-order valence-corrected chi connectivity index (χ1v) is 7.58. The molecule has 0 radical (unpaired) electrons. The van der Waals surface area contributed by atoms with Crippen molar-refractivity contribution in [2.45, 2.75) is 19.8 Å². The number of carbonyl (C=O) groups is 1. The Balaban J connectivity index is 2.16. The Morgan fingerprint density at radius 1 is 1.28 bits per heavy atom. The number of unbranched alkanes of at least 4 members (excludes halogenated alkanes) is 1. The van der Waals surface area contributed by atoms with Gasteiger partial charge in [-0.2, -0.15) is 0 Å². The van der Waals surface area contributed by atoms with Crippen LogP contribution >= 0.6 is 0 Å². The molecule has 2 aromatic rings. The molecule has 1 heterocycles. The van der Waals surface area contributed by atoms with Crippen LogP contribution in [0.3, 0.4) is 0 Å². The van der Waals surface area contributed by atoms with E-state index in [1.165, 1.54) is 18.2 Å². The van der Waals surface area contributed by atoms with Gasteiger partial charge >= 0.3 is 5.69 Å². The lowest BCUT2D eigenvalue weighted by Crippen LogP contribution is -2.31. The third-order valence-electron chi connectivity index (χ3n) is 3.24. The Bertz CT molecular complexity index is 771. The maximum Gasteiger partial charge on any atom is 0.354 e. The molecule has 0 atom stereocenters. The van der Waals surface area contributed by atoms with Crippen LogP contribution in [-0.2, 0) is 0 Å². The number of hydrogen-bond donors (Lipinski definition) is 3. The fraction of sp³-hybridized carbons (Fsp3) is 0.267. The van der Waals surface area contributed by atoms with Gasteiger partial charge in [-0.25, -0.2) is 14.4 Å². The average Bonchev–Trinajstić information content (AvgIpc) is 2.60. The number of amides is 1. The van der Waals surface area contributed by atoms with Gasteiger partial charge in [0.15, 0.2) is 0 Å². The van der Waals surface area contributed by atoms with Crippen molar-refractivity contribution in [3.05, 3.63) is 52.1 Å². The molecule has 1 aromatic heterocycles. The van der Waals surface area contributed by atoms with Gasteiger partial charge in [0.25, 0.3) is 5.91 Å². The largest absolute Gasteiger partial charge is 0.364 e. The molecule has 25 heavy (non-hydrogen) atoms. The number of benzene rings is 1. The van der Waals surface area contributed by atoms with Crippen molar-refractivity contribution in [2.24, 2.45) is 0 Å². The lowest BCUT2D eigenvalue weighted by molar-refractivity contribution is -0.383. The van der Waals surface area contributed by atoms with E-state index in [1.54, 1.807) is 0 Å². The molecular formula is C15H17FN6O3. The predicted molar refractivity (Wildman–Crippen MR) is 89.6 cm³/mol. The fourth-order valence-electron chi connectivity index (χ4n) is 1.98. The summed E-state index contributed by atoms with van der Waals surface area (Å²) in [6.45, 7) is 2.50. The van der Waals surface area contributed by atoms with Crippen LogP contribution in [0.2, 0.25) is 0 Å². The smallest absolute Gasteiger partial charge is 0.354 e. The van der Waals surface area contributed by atoms with Crippen LogP contribution < -0.4 is 16.2 Å². The van der Waals surface area contributed by atoms with E-state index in [1.807, 2.05) is 6.92 Å². The molecule has 1 amide bonds. The molecular weight excluding hydrogens is 331 g/mol. The molecule has 1 aromatic carbocycles. The molecule has 9 nitrogen and oxygen atoms in total. The van der Waals surface area contributed by atoms with Crippen molar-refractivity contribution in [1.82, 2.24) is 15.4 Å². The number of anilines is 2. The van der Waals surface area contributed by atoms with Crippen molar-refractivity contribution in [3.63, 3.8) is 0 Å². The van der Waals surface area contributed by atoms with Crippen LogP contribution in [0.5, 0.6) is 0 Å². The summed E-state index contributed by atoms with van der Waals surface area (Å²) in [7, 11) is 0. The Labute approximate surface area is 142 Å². The van der Waals surface area contributed by atoms with E-state index in [0.29, 0.717) is 6.54 Å². The minimum atomic E-state index is -0.786. The number of nitro groups is 1. The van der Waals surface area contributed by atoms with E-state index in [9.17, 15) is 19.3 Å². The number of carbonyl (C=O) groups excluding carboxylic acids is 1. The zero-order valence-corrected chi connectivity index (χ0v) is 13.5. The van der Waals surface area contributed by atoms with Crippen molar-refractivity contribution < 1.29 is 14.1 Å². The molecule has 0 spiro atoms. The highest BCUT2D eigenvalue weighted by Crippen LogP contribution is 2.28. The third kappa shape index (κ3) is 4.59. The van der Waals surface area contributed by atoms with Crippen molar-refractivity contribution in [3.8, 4) is 0 Å². The molecule has 2 rings (SSSR count). The second-order valence-electron chi connectivity index (χ2n) is 5.02. The predicted octanol–water partition coefficient (Wildman–Crippen LogP) is 2.49. The van der Waals surface area contributed by atoms with Gasteiger partial charge in [0.05, 0.1) is 10.5 Å². The maximum atomic E-state index is 13.6. The number of hydrazine groups is 1. The zero-order chi connectivity index (χ0) is 18.2. The molecule has 0 saturated heterocycles. The van der Waals surface area contributed by atoms with Gasteiger partial charge < -0.3 is 5.32 Å². The first-order chi connectivity index (χ1) is 12.0. The Morgan fingerprint density at radius 2 is 2.00 bits per heavy atom. The summed E-state index contributed by atoms with van der Waals surface area (Å²) in [5.74, 6) is -1.66. The van der Waals surface area contributed by atoms with Crippen LogP contribution in [0.4, 0.5) is 21.7 Å². The maximum absolute atomic E-state index is 13.6. The third-order valence-corrected chi connectivity index (χ3v) is 3.24. The van der Waals surface area contributed by atoms with Crippen molar-refractivity contribution >= 4 is 23.2 Å². The fourth-order valence-corrected chi connectivity index (χ4v) is 1.98. The van der Waals surface area contributed by atoms with Gasteiger partial charge in [0.2, 0.25) is 11.6 Å². The Morgan fingerprint density at radius 3 is 2.68 bits per heavy atom. The number of aromatic nitrogens is 2. The molecule has 0 fully saturated rings. The number of nitrogens with zero attached hydrogens (tertiary/aromatic N) is 3. The molecule has 0 aliphatic heterocycles. The molecule has 0 aliphatic rings. The second kappa shape index (κ2) is 8.52. The Hall–Kier alpha value is -3.30. The normalized spacial score (nSPS) is 10.2. The first kappa shape index (κ1) is 18.0. The Kier molecular flexibility index (Phi) is 6.15. The molecule has 3 N–H and O–H groups in total. The summed E-state index contributed by atoms with van der Waals surface area (Å²) >= 11 is 0. The van der Waals surface area contributed by atoms with E-state index in [2.05, 4.69) is 26.1 Å². The van der Waals surface area contributed by atoms with Crippen molar-refractivity contribution in [1.29, 1.82) is 0 Å². The van der Waals surface area contributed by atoms with Gasteiger partial charge in [-0.1, -0.05) is 25.5 Å². The van der Waals surface area contributed by atoms with Crippen LogP contribution in [0.1, 0.15) is 30.1 Å². The van der Waals surface area contributed by atoms with E-state index >= 15 is 0 Å². The number of rotatable bonds is 8. The lowest BCUT2D eigenvalue weighted by Gasteiger charge is -2.11. The van der Waals surface area contributed by atoms with Gasteiger partial charge in [-0.3, -0.25) is 25.8 Å². The van der Waals surface area contributed by atoms with Crippen LogP contribution in [0, 0.1) is 15.9 Å².